The topological polar surface area (TPSA) is 64.9 Å². The van der Waals surface area contributed by atoms with Gasteiger partial charge in [0, 0.05) is 25.0 Å². The summed E-state index contributed by atoms with van der Waals surface area (Å²) in [5.41, 5.74) is 0. The van der Waals surface area contributed by atoms with Crippen molar-refractivity contribution in [2.45, 2.75) is 51.1 Å². The quantitative estimate of drug-likeness (QED) is 0.655. The van der Waals surface area contributed by atoms with Crippen LogP contribution in [0.5, 0.6) is 0 Å². The largest absolute Gasteiger partial charge is 0.352 e. The van der Waals surface area contributed by atoms with E-state index in [1.165, 1.54) is 12.8 Å². The standard InChI is InChI=1S/C11H19N3O/c1-2-9(5-7-12)14-11(15)6-8-13-10-3-4-10/h9-10,13H,2-6,8H2,1H3,(H,14,15). The van der Waals surface area contributed by atoms with Gasteiger partial charge in [0.1, 0.15) is 0 Å². The highest BCUT2D eigenvalue weighted by atomic mass is 16.1. The van der Waals surface area contributed by atoms with Crippen LogP contribution < -0.4 is 10.6 Å². The zero-order chi connectivity index (χ0) is 11.1. The van der Waals surface area contributed by atoms with Gasteiger partial charge in [-0.05, 0) is 19.3 Å². The van der Waals surface area contributed by atoms with Gasteiger partial charge < -0.3 is 10.6 Å². The van der Waals surface area contributed by atoms with Gasteiger partial charge in [-0.1, -0.05) is 6.92 Å². The van der Waals surface area contributed by atoms with E-state index >= 15 is 0 Å². The summed E-state index contributed by atoms with van der Waals surface area (Å²) in [4.78, 5) is 11.4. The molecule has 0 bridgehead atoms. The summed E-state index contributed by atoms with van der Waals surface area (Å²) in [6.45, 7) is 2.73. The van der Waals surface area contributed by atoms with Gasteiger partial charge in [-0.15, -0.1) is 0 Å². The summed E-state index contributed by atoms with van der Waals surface area (Å²) in [5.74, 6) is 0.0465. The molecule has 1 saturated carbocycles. The molecule has 84 valence electrons. The fourth-order valence-electron chi connectivity index (χ4n) is 1.38. The Labute approximate surface area is 91.0 Å². The van der Waals surface area contributed by atoms with Gasteiger partial charge in [-0.2, -0.15) is 5.26 Å². The molecule has 0 saturated heterocycles. The first kappa shape index (κ1) is 12.0. The lowest BCUT2D eigenvalue weighted by atomic mass is 10.1. The van der Waals surface area contributed by atoms with E-state index in [4.69, 9.17) is 5.26 Å². The molecule has 2 N–H and O–H groups in total. The second-order valence-electron chi connectivity index (χ2n) is 4.01. The van der Waals surface area contributed by atoms with Crippen LogP contribution in [0.2, 0.25) is 0 Å². The van der Waals surface area contributed by atoms with Crippen molar-refractivity contribution in [2.24, 2.45) is 0 Å². The Morgan fingerprint density at radius 2 is 2.33 bits per heavy atom. The summed E-state index contributed by atoms with van der Waals surface area (Å²) in [5, 5.41) is 14.7. The molecule has 0 aromatic carbocycles. The van der Waals surface area contributed by atoms with Gasteiger partial charge in [0.2, 0.25) is 5.91 Å². The van der Waals surface area contributed by atoms with E-state index in [0.29, 0.717) is 18.9 Å². The highest BCUT2D eigenvalue weighted by molar-refractivity contribution is 5.76. The van der Waals surface area contributed by atoms with E-state index < -0.39 is 0 Å². The Morgan fingerprint density at radius 1 is 1.60 bits per heavy atom. The predicted octanol–water partition coefficient (Wildman–Crippen LogP) is 0.937. The molecule has 1 fully saturated rings. The Kier molecular flexibility index (Phi) is 5.13. The zero-order valence-corrected chi connectivity index (χ0v) is 9.25. The van der Waals surface area contributed by atoms with Gasteiger partial charge in [0.05, 0.1) is 12.5 Å². The van der Waals surface area contributed by atoms with E-state index in [0.717, 1.165) is 13.0 Å². The number of hydrogen-bond donors (Lipinski definition) is 2. The molecule has 0 aromatic heterocycles. The van der Waals surface area contributed by atoms with Gasteiger partial charge in [-0.25, -0.2) is 0 Å². The number of nitrogens with zero attached hydrogens (tertiary/aromatic N) is 1. The lowest BCUT2D eigenvalue weighted by molar-refractivity contribution is -0.121. The first-order valence-corrected chi connectivity index (χ1v) is 5.66. The van der Waals surface area contributed by atoms with Crippen molar-refractivity contribution < 1.29 is 4.79 Å². The van der Waals surface area contributed by atoms with Gasteiger partial charge in [-0.3, -0.25) is 4.79 Å². The molecule has 1 unspecified atom stereocenters. The minimum Gasteiger partial charge on any atom is -0.352 e. The average Bonchev–Trinajstić information content (AvgIpc) is 3.01. The molecular formula is C11H19N3O. The summed E-state index contributed by atoms with van der Waals surface area (Å²) < 4.78 is 0. The third-order valence-electron chi connectivity index (χ3n) is 2.56. The van der Waals surface area contributed by atoms with E-state index in [1.807, 2.05) is 6.92 Å². The molecule has 4 nitrogen and oxygen atoms in total. The molecular weight excluding hydrogens is 190 g/mol. The monoisotopic (exact) mass is 209 g/mol. The van der Waals surface area contributed by atoms with Crippen molar-refractivity contribution >= 4 is 5.91 Å². The molecule has 1 aliphatic carbocycles. The number of nitrogens with one attached hydrogen (secondary N) is 2. The van der Waals surface area contributed by atoms with E-state index in [9.17, 15) is 4.79 Å². The normalized spacial score (nSPS) is 16.8. The molecule has 4 heteroatoms. The average molecular weight is 209 g/mol. The Hall–Kier alpha value is -1.08. The fraction of sp³-hybridized carbons (Fsp3) is 0.818. The lowest BCUT2D eigenvalue weighted by Crippen LogP contribution is -2.36. The third kappa shape index (κ3) is 5.38. The molecule has 1 rings (SSSR count). The SMILES string of the molecule is CCC(CC#N)NC(=O)CCNC1CC1. The number of nitriles is 1. The number of amides is 1. The van der Waals surface area contributed by atoms with Crippen molar-refractivity contribution in [1.29, 1.82) is 5.26 Å². The summed E-state index contributed by atoms with van der Waals surface area (Å²) in [6, 6.07) is 2.75. The highest BCUT2D eigenvalue weighted by Gasteiger charge is 2.20. The molecule has 0 aromatic rings. The molecule has 0 radical (unpaired) electrons. The summed E-state index contributed by atoms with van der Waals surface area (Å²) >= 11 is 0. The van der Waals surface area contributed by atoms with Gasteiger partial charge in [0.15, 0.2) is 0 Å². The number of carbonyl (C=O) groups is 1. The molecule has 1 amide bonds. The molecule has 0 heterocycles. The smallest absolute Gasteiger partial charge is 0.221 e. The molecule has 15 heavy (non-hydrogen) atoms. The van der Waals surface area contributed by atoms with E-state index in [2.05, 4.69) is 16.7 Å². The fourth-order valence-corrected chi connectivity index (χ4v) is 1.38. The van der Waals surface area contributed by atoms with Crippen LogP contribution in [0, 0.1) is 11.3 Å². The van der Waals surface area contributed by atoms with Crippen LogP contribution in [-0.2, 0) is 4.79 Å². The summed E-state index contributed by atoms with van der Waals surface area (Å²) in [7, 11) is 0. The van der Waals surface area contributed by atoms with Crippen LogP contribution in [0.25, 0.3) is 0 Å². The minimum atomic E-state index is 0.0171. The maximum atomic E-state index is 11.4. The predicted molar refractivity (Wildman–Crippen MR) is 58.1 cm³/mol. The van der Waals surface area contributed by atoms with E-state index in [-0.39, 0.29) is 11.9 Å². The Morgan fingerprint density at radius 3 is 2.87 bits per heavy atom. The van der Waals surface area contributed by atoms with Crippen LogP contribution in [-0.4, -0.2) is 24.5 Å². The molecule has 0 spiro atoms. The number of rotatable bonds is 7. The van der Waals surface area contributed by atoms with Crippen molar-refractivity contribution in [3.63, 3.8) is 0 Å². The van der Waals surface area contributed by atoms with Crippen molar-refractivity contribution in [2.75, 3.05) is 6.54 Å². The molecule has 1 aliphatic rings. The second kappa shape index (κ2) is 6.41. The van der Waals surface area contributed by atoms with Crippen LogP contribution in [0.3, 0.4) is 0 Å². The van der Waals surface area contributed by atoms with Crippen LogP contribution in [0.1, 0.15) is 39.0 Å². The maximum Gasteiger partial charge on any atom is 0.221 e. The van der Waals surface area contributed by atoms with Crippen molar-refractivity contribution in [3.05, 3.63) is 0 Å². The molecule has 1 atom stereocenters. The second-order valence-corrected chi connectivity index (χ2v) is 4.01. The number of hydrogen-bond acceptors (Lipinski definition) is 3. The highest BCUT2D eigenvalue weighted by Crippen LogP contribution is 2.18. The maximum absolute atomic E-state index is 11.4. The van der Waals surface area contributed by atoms with Crippen LogP contribution >= 0.6 is 0 Å². The minimum absolute atomic E-state index is 0.0171. The first-order chi connectivity index (χ1) is 7.26. The Bertz CT molecular complexity index is 243. The first-order valence-electron chi connectivity index (χ1n) is 5.66. The Balaban J connectivity index is 2.07. The van der Waals surface area contributed by atoms with Crippen molar-refractivity contribution in [3.8, 4) is 6.07 Å². The third-order valence-corrected chi connectivity index (χ3v) is 2.56. The zero-order valence-electron chi connectivity index (χ0n) is 9.25. The number of carbonyl (C=O) groups excluding carboxylic acids is 1. The van der Waals surface area contributed by atoms with E-state index in [1.54, 1.807) is 0 Å². The lowest BCUT2D eigenvalue weighted by Gasteiger charge is -2.13. The van der Waals surface area contributed by atoms with Crippen LogP contribution in [0.4, 0.5) is 0 Å². The van der Waals surface area contributed by atoms with Gasteiger partial charge in [0.25, 0.3) is 0 Å². The van der Waals surface area contributed by atoms with Crippen LogP contribution in [0.15, 0.2) is 0 Å². The van der Waals surface area contributed by atoms with Crippen molar-refractivity contribution in [1.82, 2.24) is 10.6 Å². The summed E-state index contributed by atoms with van der Waals surface area (Å²) in [6.07, 6.45) is 4.22. The van der Waals surface area contributed by atoms with Gasteiger partial charge >= 0.3 is 0 Å². The molecule has 0 aliphatic heterocycles.